The highest BCUT2D eigenvalue weighted by Gasteiger charge is 2.30. The van der Waals surface area contributed by atoms with E-state index in [9.17, 15) is 4.79 Å². The Morgan fingerprint density at radius 1 is 1.27 bits per heavy atom. The molecule has 1 aliphatic heterocycles. The second-order valence-corrected chi connectivity index (χ2v) is 6.80. The predicted octanol–water partition coefficient (Wildman–Crippen LogP) is 2.07. The van der Waals surface area contributed by atoms with Gasteiger partial charge in [-0.3, -0.25) is 4.79 Å². The molecule has 1 fully saturated rings. The van der Waals surface area contributed by atoms with Crippen LogP contribution in [0.2, 0.25) is 0 Å². The van der Waals surface area contributed by atoms with Gasteiger partial charge in [0.05, 0.1) is 12.8 Å². The summed E-state index contributed by atoms with van der Waals surface area (Å²) in [6.45, 7) is 1.38. The first-order valence-electron chi connectivity index (χ1n) is 9.14. The summed E-state index contributed by atoms with van der Waals surface area (Å²) in [6, 6.07) is 2.04. The Hall–Kier alpha value is -2.64. The summed E-state index contributed by atoms with van der Waals surface area (Å²) >= 11 is 0. The second kappa shape index (κ2) is 7.31. The number of rotatable bonds is 4. The molecule has 3 heterocycles. The molecule has 1 aliphatic carbocycles. The second-order valence-electron chi connectivity index (χ2n) is 6.80. The first-order chi connectivity index (χ1) is 12.7. The van der Waals surface area contributed by atoms with Gasteiger partial charge in [0.2, 0.25) is 11.6 Å². The number of likely N-dealkylation sites (tertiary alicyclic amines) is 1. The summed E-state index contributed by atoms with van der Waals surface area (Å²) < 4.78 is 10.5. The average Bonchev–Trinajstić information content (AvgIpc) is 3.12. The maximum Gasteiger partial charge on any atom is 0.292 e. The Balaban J connectivity index is 1.36. The van der Waals surface area contributed by atoms with E-state index in [0.29, 0.717) is 24.7 Å². The third-order valence-electron chi connectivity index (χ3n) is 5.14. The van der Waals surface area contributed by atoms with Gasteiger partial charge in [0, 0.05) is 30.8 Å². The number of piperidine rings is 1. The van der Waals surface area contributed by atoms with Crippen LogP contribution in [0.4, 0.5) is 5.82 Å². The molecule has 0 spiro atoms. The van der Waals surface area contributed by atoms with Crippen LogP contribution in [-0.4, -0.2) is 52.2 Å². The molecule has 0 bridgehead atoms. The van der Waals surface area contributed by atoms with E-state index in [1.807, 2.05) is 4.90 Å². The van der Waals surface area contributed by atoms with Crippen molar-refractivity contribution in [2.24, 2.45) is 0 Å². The van der Waals surface area contributed by atoms with Crippen LogP contribution in [0, 0.1) is 0 Å². The Morgan fingerprint density at radius 3 is 2.88 bits per heavy atom. The first kappa shape index (κ1) is 16.8. The van der Waals surface area contributed by atoms with Crippen molar-refractivity contribution < 1.29 is 14.1 Å². The molecule has 1 N–H and O–H groups in total. The van der Waals surface area contributed by atoms with Crippen molar-refractivity contribution in [3.8, 4) is 5.88 Å². The molecule has 138 valence electrons. The number of anilines is 1. The van der Waals surface area contributed by atoms with Gasteiger partial charge in [-0.1, -0.05) is 5.16 Å². The van der Waals surface area contributed by atoms with Crippen molar-refractivity contribution >= 4 is 11.7 Å². The number of hydrogen-bond acceptors (Lipinski definition) is 7. The van der Waals surface area contributed by atoms with Crippen LogP contribution in [0.25, 0.3) is 0 Å². The maximum absolute atomic E-state index is 12.8. The maximum atomic E-state index is 12.8. The van der Waals surface area contributed by atoms with E-state index in [0.717, 1.165) is 55.6 Å². The monoisotopic (exact) mass is 357 g/mol. The fraction of sp³-hybridized carbons (Fsp3) is 0.556. The normalized spacial score (nSPS) is 17.7. The van der Waals surface area contributed by atoms with E-state index >= 15 is 0 Å². The Labute approximate surface area is 151 Å². The van der Waals surface area contributed by atoms with E-state index in [4.69, 9.17) is 9.26 Å². The Bertz CT molecular complexity index is 783. The van der Waals surface area contributed by atoms with Crippen molar-refractivity contribution in [2.75, 3.05) is 25.5 Å². The summed E-state index contributed by atoms with van der Waals surface area (Å²) in [6.07, 6.45) is 7.23. The highest BCUT2D eigenvalue weighted by atomic mass is 16.5. The average molecular weight is 357 g/mol. The van der Waals surface area contributed by atoms with Gasteiger partial charge in [0.15, 0.2) is 0 Å². The van der Waals surface area contributed by atoms with Crippen molar-refractivity contribution in [2.45, 2.75) is 44.6 Å². The van der Waals surface area contributed by atoms with Gasteiger partial charge >= 0.3 is 0 Å². The third-order valence-corrected chi connectivity index (χ3v) is 5.14. The predicted molar refractivity (Wildman–Crippen MR) is 94.3 cm³/mol. The molecule has 2 aliphatic rings. The Kier molecular flexibility index (Phi) is 4.73. The molecule has 0 radical (unpaired) electrons. The number of fused-ring (bicyclic) bond motifs is 1. The summed E-state index contributed by atoms with van der Waals surface area (Å²) in [5.74, 6) is 1.70. The van der Waals surface area contributed by atoms with E-state index in [2.05, 4.69) is 20.4 Å². The number of carbonyl (C=O) groups is 1. The summed E-state index contributed by atoms with van der Waals surface area (Å²) in [7, 11) is 1.58. The van der Waals surface area contributed by atoms with Gasteiger partial charge in [-0.25, -0.2) is 9.97 Å². The topological polar surface area (TPSA) is 93.4 Å². The van der Waals surface area contributed by atoms with E-state index in [-0.39, 0.29) is 11.9 Å². The molecule has 1 amide bonds. The van der Waals surface area contributed by atoms with Gasteiger partial charge < -0.3 is 19.5 Å². The molecule has 2 aromatic heterocycles. The fourth-order valence-corrected chi connectivity index (χ4v) is 3.67. The van der Waals surface area contributed by atoms with Crippen LogP contribution < -0.4 is 10.1 Å². The number of nitrogens with zero attached hydrogens (tertiary/aromatic N) is 4. The minimum absolute atomic E-state index is 0.0252. The van der Waals surface area contributed by atoms with Crippen molar-refractivity contribution in [3.05, 3.63) is 29.4 Å². The zero-order chi connectivity index (χ0) is 17.9. The van der Waals surface area contributed by atoms with Crippen LogP contribution >= 0.6 is 0 Å². The number of methoxy groups -OCH3 is 1. The lowest BCUT2D eigenvalue weighted by Gasteiger charge is -2.32. The van der Waals surface area contributed by atoms with E-state index < -0.39 is 0 Å². The van der Waals surface area contributed by atoms with Crippen molar-refractivity contribution in [1.29, 1.82) is 0 Å². The quantitative estimate of drug-likeness (QED) is 0.895. The minimum atomic E-state index is -0.0252. The number of ether oxygens (including phenoxy) is 1. The molecule has 0 unspecified atom stereocenters. The van der Waals surface area contributed by atoms with Crippen LogP contribution in [0.5, 0.6) is 5.88 Å². The summed E-state index contributed by atoms with van der Waals surface area (Å²) in [4.78, 5) is 22.9. The fourth-order valence-electron chi connectivity index (χ4n) is 3.67. The van der Waals surface area contributed by atoms with Crippen LogP contribution in [0.3, 0.4) is 0 Å². The Morgan fingerprint density at radius 2 is 2.08 bits per heavy atom. The molecule has 0 saturated carbocycles. The lowest BCUT2D eigenvalue weighted by atomic mass is 9.95. The number of nitrogens with one attached hydrogen (secondary N) is 1. The molecule has 8 nitrogen and oxygen atoms in total. The highest BCUT2D eigenvalue weighted by molar-refractivity contribution is 5.93. The molecule has 2 aromatic rings. The van der Waals surface area contributed by atoms with Crippen molar-refractivity contribution in [1.82, 2.24) is 20.0 Å². The molecule has 26 heavy (non-hydrogen) atoms. The SMILES string of the molecule is COc1cc(NC2CCN(C(=O)c3onc4c3CCCC4)CC2)ncn1. The van der Waals surface area contributed by atoms with E-state index in [1.54, 1.807) is 13.2 Å². The highest BCUT2D eigenvalue weighted by Crippen LogP contribution is 2.26. The smallest absolute Gasteiger partial charge is 0.292 e. The molecule has 0 aromatic carbocycles. The van der Waals surface area contributed by atoms with E-state index in [1.165, 1.54) is 6.33 Å². The van der Waals surface area contributed by atoms with Crippen molar-refractivity contribution in [3.63, 3.8) is 0 Å². The lowest BCUT2D eigenvalue weighted by Crippen LogP contribution is -2.42. The summed E-state index contributed by atoms with van der Waals surface area (Å²) in [5.41, 5.74) is 1.99. The van der Waals surface area contributed by atoms with Gasteiger partial charge in [-0.05, 0) is 38.5 Å². The van der Waals surface area contributed by atoms with Gasteiger partial charge in [-0.2, -0.15) is 0 Å². The van der Waals surface area contributed by atoms with Gasteiger partial charge in [0.1, 0.15) is 12.1 Å². The minimum Gasteiger partial charge on any atom is -0.481 e. The summed E-state index contributed by atoms with van der Waals surface area (Å²) in [5, 5.41) is 7.49. The largest absolute Gasteiger partial charge is 0.481 e. The molecule has 4 rings (SSSR count). The molecule has 1 saturated heterocycles. The van der Waals surface area contributed by atoms with Crippen LogP contribution in [0.1, 0.15) is 47.5 Å². The first-order valence-corrected chi connectivity index (χ1v) is 9.14. The van der Waals surface area contributed by atoms with Gasteiger partial charge in [-0.15, -0.1) is 0 Å². The van der Waals surface area contributed by atoms with Crippen LogP contribution in [-0.2, 0) is 12.8 Å². The zero-order valence-corrected chi connectivity index (χ0v) is 14.9. The molecular formula is C18H23N5O3. The van der Waals surface area contributed by atoms with Crippen LogP contribution in [0.15, 0.2) is 16.9 Å². The third kappa shape index (κ3) is 3.36. The number of aryl methyl sites for hydroxylation is 1. The standard InChI is InChI=1S/C18H23N5O3/c1-25-16-10-15(19-11-20-16)21-12-6-8-23(9-7-12)18(24)17-13-4-2-3-5-14(13)22-26-17/h10-12H,2-9H2,1H3,(H,19,20,21). The van der Waals surface area contributed by atoms with Gasteiger partial charge in [0.25, 0.3) is 5.91 Å². The number of hydrogen-bond donors (Lipinski definition) is 1. The number of aromatic nitrogens is 3. The molecule has 8 heteroatoms. The zero-order valence-electron chi connectivity index (χ0n) is 14.9. The molecule has 0 atom stereocenters. The lowest BCUT2D eigenvalue weighted by molar-refractivity contribution is 0.0675. The number of carbonyl (C=O) groups excluding carboxylic acids is 1. The number of amides is 1. The molecular weight excluding hydrogens is 334 g/mol.